The largest absolute Gasteiger partial charge is 0.507 e. The molecule has 1 aromatic heterocycles. The maximum atomic E-state index is 13.1. The fraction of sp³-hybridized carbons (Fsp3) is 0.167. The fourth-order valence-corrected chi connectivity index (χ4v) is 4.95. The van der Waals surface area contributed by atoms with Gasteiger partial charge in [0.1, 0.15) is 23.3 Å². The highest BCUT2D eigenvalue weighted by Gasteiger charge is 2.48. The lowest BCUT2D eigenvalue weighted by atomic mass is 9.97. The molecule has 156 valence electrons. The molecule has 3 aromatic rings. The number of aromatic hydroxyl groups is 1. The minimum atomic E-state index is -0.833. The van der Waals surface area contributed by atoms with Crippen LogP contribution in [0.3, 0.4) is 0 Å². The van der Waals surface area contributed by atoms with Crippen molar-refractivity contribution in [2.24, 2.45) is 0 Å². The molecule has 0 spiro atoms. The Morgan fingerprint density at radius 2 is 1.94 bits per heavy atom. The Labute approximate surface area is 182 Å². The van der Waals surface area contributed by atoms with Gasteiger partial charge in [-0.3, -0.25) is 14.5 Å². The van der Waals surface area contributed by atoms with E-state index in [2.05, 4.69) is 0 Å². The summed E-state index contributed by atoms with van der Waals surface area (Å²) < 4.78 is 5.64. The molecule has 1 unspecified atom stereocenters. The van der Waals surface area contributed by atoms with E-state index in [1.807, 2.05) is 23.6 Å². The second-order valence-corrected chi connectivity index (χ2v) is 8.43. The van der Waals surface area contributed by atoms with Crippen LogP contribution in [0, 0.1) is 0 Å². The summed E-state index contributed by atoms with van der Waals surface area (Å²) in [4.78, 5) is 28.1. The number of aliphatic hydroxyl groups is 1. The molecule has 2 aromatic carbocycles. The lowest BCUT2D eigenvalue weighted by Gasteiger charge is -2.25. The number of ether oxygens (including phenoxy) is 1. The van der Waals surface area contributed by atoms with E-state index >= 15 is 0 Å². The monoisotopic (exact) mass is 433 g/mol. The zero-order chi connectivity index (χ0) is 21.5. The first-order valence-electron chi connectivity index (χ1n) is 9.95. The highest BCUT2D eigenvalue weighted by atomic mass is 32.1. The molecular formula is C24H19NO5S. The Kier molecular flexibility index (Phi) is 4.75. The van der Waals surface area contributed by atoms with E-state index < -0.39 is 17.7 Å². The number of Topliss-reactive ketones (excluding diaryl/α,β-unsaturated/α-hetero) is 1. The molecule has 2 aliphatic heterocycles. The van der Waals surface area contributed by atoms with Gasteiger partial charge < -0.3 is 14.9 Å². The number of benzene rings is 2. The van der Waals surface area contributed by atoms with Gasteiger partial charge in [0, 0.05) is 10.4 Å². The quantitative estimate of drug-likeness (QED) is 0.363. The SMILES string of the molecule is O=C1C(=O)N(c2ccccc2O)C(c2cccs2)/C1=C(/O)c1ccc2c(c1)CCCO2. The van der Waals surface area contributed by atoms with Gasteiger partial charge in [-0.25, -0.2) is 0 Å². The molecule has 5 rings (SSSR count). The van der Waals surface area contributed by atoms with Gasteiger partial charge in [0.05, 0.1) is 17.9 Å². The van der Waals surface area contributed by atoms with Crippen LogP contribution in [0.1, 0.15) is 28.5 Å². The number of aliphatic hydroxyl groups excluding tert-OH is 1. The number of hydrogen-bond donors (Lipinski definition) is 2. The highest BCUT2D eigenvalue weighted by Crippen LogP contribution is 2.46. The van der Waals surface area contributed by atoms with Gasteiger partial charge >= 0.3 is 0 Å². The van der Waals surface area contributed by atoms with Crippen LogP contribution in [0.2, 0.25) is 0 Å². The zero-order valence-corrected chi connectivity index (χ0v) is 17.3. The van der Waals surface area contributed by atoms with Crippen LogP contribution in [0.4, 0.5) is 5.69 Å². The summed E-state index contributed by atoms with van der Waals surface area (Å²) in [6.45, 7) is 0.655. The number of hydrogen-bond acceptors (Lipinski definition) is 6. The second-order valence-electron chi connectivity index (χ2n) is 7.45. The Hall–Kier alpha value is -3.58. The van der Waals surface area contributed by atoms with Crippen LogP contribution in [0.5, 0.6) is 11.5 Å². The lowest BCUT2D eigenvalue weighted by Crippen LogP contribution is -2.29. The molecule has 1 saturated heterocycles. The molecule has 2 aliphatic rings. The molecule has 1 atom stereocenters. The Morgan fingerprint density at radius 3 is 2.71 bits per heavy atom. The number of carbonyl (C=O) groups excluding carboxylic acids is 2. The molecule has 1 fully saturated rings. The molecule has 0 bridgehead atoms. The number of fused-ring (bicyclic) bond motifs is 1. The minimum Gasteiger partial charge on any atom is -0.507 e. The summed E-state index contributed by atoms with van der Waals surface area (Å²) in [5, 5.41) is 23.4. The maximum absolute atomic E-state index is 13.1. The predicted octanol–water partition coefficient (Wildman–Crippen LogP) is 4.41. The number of ketones is 1. The van der Waals surface area contributed by atoms with E-state index in [1.165, 1.54) is 22.3 Å². The van der Waals surface area contributed by atoms with Crippen molar-refractivity contribution in [2.75, 3.05) is 11.5 Å². The molecule has 2 N–H and O–H groups in total. The van der Waals surface area contributed by atoms with Gasteiger partial charge in [0.15, 0.2) is 0 Å². The first-order valence-corrected chi connectivity index (χ1v) is 10.8. The van der Waals surface area contributed by atoms with E-state index in [-0.39, 0.29) is 22.8 Å². The van der Waals surface area contributed by atoms with Crippen molar-refractivity contribution in [3.63, 3.8) is 0 Å². The number of phenolic OH excluding ortho intramolecular Hbond substituents is 1. The summed E-state index contributed by atoms with van der Waals surface area (Å²) in [6.07, 6.45) is 1.70. The summed E-state index contributed by atoms with van der Waals surface area (Å²) in [7, 11) is 0. The molecular weight excluding hydrogens is 414 g/mol. The smallest absolute Gasteiger partial charge is 0.300 e. The number of nitrogens with zero attached hydrogens (tertiary/aromatic N) is 1. The first-order chi connectivity index (χ1) is 15.1. The van der Waals surface area contributed by atoms with E-state index in [1.54, 1.807) is 30.3 Å². The van der Waals surface area contributed by atoms with Gasteiger partial charge in [-0.2, -0.15) is 0 Å². The highest BCUT2D eigenvalue weighted by molar-refractivity contribution is 7.10. The Morgan fingerprint density at radius 1 is 1.10 bits per heavy atom. The van der Waals surface area contributed by atoms with E-state index in [0.29, 0.717) is 17.0 Å². The van der Waals surface area contributed by atoms with Crippen molar-refractivity contribution in [3.8, 4) is 11.5 Å². The van der Waals surface area contributed by atoms with Crippen molar-refractivity contribution >= 4 is 34.5 Å². The third kappa shape index (κ3) is 3.18. The third-order valence-corrected chi connectivity index (χ3v) is 6.51. The number of amides is 1. The number of thiophene rings is 1. The number of rotatable bonds is 3. The van der Waals surface area contributed by atoms with E-state index in [4.69, 9.17) is 4.74 Å². The van der Waals surface area contributed by atoms with Gasteiger partial charge in [0.25, 0.3) is 11.7 Å². The van der Waals surface area contributed by atoms with Crippen molar-refractivity contribution in [1.82, 2.24) is 0 Å². The number of aryl methyl sites for hydroxylation is 1. The van der Waals surface area contributed by atoms with Crippen molar-refractivity contribution in [2.45, 2.75) is 18.9 Å². The summed E-state index contributed by atoms with van der Waals surface area (Å²) in [5.74, 6) is -1.15. The lowest BCUT2D eigenvalue weighted by molar-refractivity contribution is -0.132. The number of anilines is 1. The van der Waals surface area contributed by atoms with Gasteiger partial charge in [-0.15, -0.1) is 11.3 Å². The Bertz CT molecular complexity index is 1210. The van der Waals surface area contributed by atoms with Gasteiger partial charge in [0.2, 0.25) is 0 Å². The molecule has 1 amide bonds. The molecule has 3 heterocycles. The number of phenols is 1. The summed E-state index contributed by atoms with van der Waals surface area (Å²) in [6, 6.07) is 14.4. The Balaban J connectivity index is 1.69. The number of carbonyl (C=O) groups is 2. The predicted molar refractivity (Wildman–Crippen MR) is 117 cm³/mol. The standard InChI is InChI=1S/C24H19NO5S/c26-17-7-2-1-6-16(17)25-21(19-8-4-12-31-19)20(23(28)24(25)29)22(27)15-9-10-18-14(13-15)5-3-11-30-18/h1-2,4,6-10,12-13,21,26-27H,3,5,11H2/b22-20-. The molecule has 31 heavy (non-hydrogen) atoms. The average molecular weight is 433 g/mol. The van der Waals surface area contributed by atoms with Crippen LogP contribution >= 0.6 is 11.3 Å². The minimum absolute atomic E-state index is 0.00683. The van der Waals surface area contributed by atoms with Crippen molar-refractivity contribution < 1.29 is 24.5 Å². The van der Waals surface area contributed by atoms with Crippen LogP contribution in [0.15, 0.2) is 65.6 Å². The van der Waals surface area contributed by atoms with Crippen molar-refractivity contribution in [3.05, 3.63) is 81.6 Å². The topological polar surface area (TPSA) is 87.1 Å². The van der Waals surface area contributed by atoms with Crippen LogP contribution in [-0.2, 0) is 16.0 Å². The van der Waals surface area contributed by atoms with E-state index in [9.17, 15) is 19.8 Å². The second kappa shape index (κ2) is 7.59. The first kappa shape index (κ1) is 19.4. The van der Waals surface area contributed by atoms with Gasteiger partial charge in [-0.05, 0) is 60.2 Å². The normalized spacial score (nSPS) is 19.9. The number of para-hydroxylation sites is 2. The van der Waals surface area contributed by atoms with Crippen LogP contribution < -0.4 is 9.64 Å². The van der Waals surface area contributed by atoms with Crippen LogP contribution in [0.25, 0.3) is 5.76 Å². The summed E-state index contributed by atoms with van der Waals surface area (Å²) in [5.41, 5.74) is 1.65. The fourth-order valence-electron chi connectivity index (χ4n) is 4.13. The van der Waals surface area contributed by atoms with E-state index in [0.717, 1.165) is 24.2 Å². The molecule has 7 heteroatoms. The van der Waals surface area contributed by atoms with Gasteiger partial charge in [-0.1, -0.05) is 18.2 Å². The summed E-state index contributed by atoms with van der Waals surface area (Å²) >= 11 is 1.37. The molecule has 0 aliphatic carbocycles. The molecule has 0 saturated carbocycles. The van der Waals surface area contributed by atoms with Crippen LogP contribution in [-0.4, -0.2) is 28.5 Å². The molecule has 0 radical (unpaired) electrons. The molecule has 6 nitrogen and oxygen atoms in total. The maximum Gasteiger partial charge on any atom is 0.300 e. The van der Waals surface area contributed by atoms with Crippen molar-refractivity contribution in [1.29, 1.82) is 0 Å². The average Bonchev–Trinajstić information content (AvgIpc) is 3.41. The third-order valence-electron chi connectivity index (χ3n) is 5.58. The zero-order valence-electron chi connectivity index (χ0n) is 16.4.